The van der Waals surface area contributed by atoms with E-state index in [1.54, 1.807) is 0 Å². The van der Waals surface area contributed by atoms with Crippen molar-refractivity contribution < 1.29 is 9.53 Å². The lowest BCUT2D eigenvalue weighted by Crippen LogP contribution is -2.67. The van der Waals surface area contributed by atoms with Crippen LogP contribution in [0.4, 0.5) is 11.4 Å². The highest BCUT2D eigenvalue weighted by molar-refractivity contribution is 6.43. The van der Waals surface area contributed by atoms with Crippen molar-refractivity contribution in [1.29, 1.82) is 0 Å². The zero-order valence-electron chi connectivity index (χ0n) is 25.6. The van der Waals surface area contributed by atoms with Crippen molar-refractivity contribution in [3.8, 4) is 5.75 Å². The second-order valence-electron chi connectivity index (χ2n) is 12.8. The molecule has 2 aromatic rings. The Bertz CT molecular complexity index is 1260. The fourth-order valence-electron chi connectivity index (χ4n) is 7.71. The van der Waals surface area contributed by atoms with E-state index >= 15 is 0 Å². The zero-order chi connectivity index (χ0) is 29.8. The lowest BCUT2D eigenvalue weighted by molar-refractivity contribution is -0.123. The van der Waals surface area contributed by atoms with E-state index in [1.807, 2.05) is 12.1 Å². The van der Waals surface area contributed by atoms with Crippen LogP contribution in [0.1, 0.15) is 63.9 Å². The van der Waals surface area contributed by atoms with Crippen molar-refractivity contribution in [2.24, 2.45) is 0 Å². The average molecular weight is 629 g/mol. The molecule has 0 saturated carbocycles. The first-order valence-corrected chi connectivity index (χ1v) is 17.2. The van der Waals surface area contributed by atoms with Crippen LogP contribution in [0.3, 0.4) is 0 Å². The number of nitrogens with one attached hydrogen (secondary N) is 1. The van der Waals surface area contributed by atoms with Crippen LogP contribution in [0.2, 0.25) is 10.0 Å². The zero-order valence-corrected chi connectivity index (χ0v) is 27.1. The number of amides is 1. The van der Waals surface area contributed by atoms with E-state index in [1.165, 1.54) is 12.0 Å². The van der Waals surface area contributed by atoms with Gasteiger partial charge < -0.3 is 15.0 Å². The molecule has 1 atom stereocenters. The van der Waals surface area contributed by atoms with Gasteiger partial charge in [-0.1, -0.05) is 35.3 Å². The molecule has 2 aromatic carbocycles. The van der Waals surface area contributed by atoms with Gasteiger partial charge in [-0.15, -0.1) is 0 Å². The summed E-state index contributed by atoms with van der Waals surface area (Å²) in [5.74, 6) is 1.13. The summed E-state index contributed by atoms with van der Waals surface area (Å²) < 4.78 is 6.29. The summed E-state index contributed by atoms with van der Waals surface area (Å²) in [4.78, 5) is 23.3. The highest BCUT2D eigenvalue weighted by atomic mass is 35.5. The average Bonchev–Trinajstić information content (AvgIpc) is 3.03. The Labute approximate surface area is 267 Å². The first-order valence-electron chi connectivity index (χ1n) is 16.4. The van der Waals surface area contributed by atoms with Crippen molar-refractivity contribution in [3.63, 3.8) is 0 Å². The van der Waals surface area contributed by atoms with Gasteiger partial charge in [0.15, 0.2) is 0 Å². The lowest BCUT2D eigenvalue weighted by atomic mass is 9.87. The quantitative estimate of drug-likeness (QED) is 0.334. The molecule has 4 aliphatic rings. The summed E-state index contributed by atoms with van der Waals surface area (Å²) in [5.41, 5.74) is 3.08. The molecule has 0 spiro atoms. The highest BCUT2D eigenvalue weighted by Crippen LogP contribution is 2.43. The minimum atomic E-state index is -0.284. The third-order valence-electron chi connectivity index (χ3n) is 10.1. The number of hydrogen-bond acceptors (Lipinski definition) is 6. The fraction of sp³-hybridized carbons (Fsp3) is 0.618. The monoisotopic (exact) mass is 627 g/mol. The predicted molar refractivity (Wildman–Crippen MR) is 177 cm³/mol. The van der Waals surface area contributed by atoms with Crippen LogP contribution in [0.5, 0.6) is 5.75 Å². The molecule has 1 amide bonds. The largest absolute Gasteiger partial charge is 0.494 e. The van der Waals surface area contributed by atoms with E-state index in [0.717, 1.165) is 114 Å². The molecule has 3 fully saturated rings. The highest BCUT2D eigenvalue weighted by Gasteiger charge is 2.47. The van der Waals surface area contributed by atoms with Gasteiger partial charge in [0.1, 0.15) is 5.75 Å². The summed E-state index contributed by atoms with van der Waals surface area (Å²) in [6.07, 6.45) is 9.19. The number of rotatable bonds is 9. The van der Waals surface area contributed by atoms with Crippen molar-refractivity contribution in [1.82, 2.24) is 15.1 Å². The molecule has 1 N–H and O–H groups in total. The number of carbonyl (C=O) groups excluding carboxylic acids is 1. The lowest BCUT2D eigenvalue weighted by Gasteiger charge is -2.56. The Kier molecular flexibility index (Phi) is 10.0. The van der Waals surface area contributed by atoms with Gasteiger partial charge in [0, 0.05) is 51.3 Å². The Morgan fingerprint density at radius 3 is 2.58 bits per heavy atom. The molecule has 4 heterocycles. The van der Waals surface area contributed by atoms with Crippen LogP contribution in [-0.4, -0.2) is 86.4 Å². The summed E-state index contributed by atoms with van der Waals surface area (Å²) in [6.45, 7) is 11.2. The van der Waals surface area contributed by atoms with Crippen LogP contribution >= 0.6 is 23.2 Å². The van der Waals surface area contributed by atoms with E-state index in [4.69, 9.17) is 27.9 Å². The number of halogens is 2. The number of nitrogens with zero attached hydrogens (tertiary/aromatic N) is 4. The molecule has 43 heavy (non-hydrogen) atoms. The van der Waals surface area contributed by atoms with Crippen LogP contribution in [0.25, 0.3) is 0 Å². The molecule has 1 unspecified atom stereocenters. The number of ether oxygens (including phenoxy) is 1. The molecule has 0 bridgehead atoms. The number of aryl methyl sites for hydroxylation is 1. The molecular weight excluding hydrogens is 581 g/mol. The summed E-state index contributed by atoms with van der Waals surface area (Å²) in [6, 6.07) is 12.8. The number of unbranched alkanes of at least 4 members (excludes halogenated alkanes) is 1. The first-order chi connectivity index (χ1) is 20.9. The molecule has 3 saturated heterocycles. The topological polar surface area (TPSA) is 51.3 Å². The first kappa shape index (κ1) is 31.0. The third kappa shape index (κ3) is 6.81. The molecule has 0 aromatic heterocycles. The maximum atomic E-state index is 13.6. The molecule has 234 valence electrons. The van der Waals surface area contributed by atoms with Gasteiger partial charge in [0.2, 0.25) is 5.91 Å². The second kappa shape index (κ2) is 13.9. The van der Waals surface area contributed by atoms with Crippen LogP contribution < -0.4 is 19.9 Å². The summed E-state index contributed by atoms with van der Waals surface area (Å²) >= 11 is 12.7. The number of likely N-dealkylation sites (tertiary alicyclic amines) is 1. The standard InChI is InChI=1S/C34H47Cl2N5O2/c1-34(15-2-3-19-40(34)27-13-16-37-17-14-27)41-31-25-28(11-9-26(31)10-12-32(41)42)43-24-5-4-18-38-20-22-39(23-21-38)30-8-6-7-29(35)33(30)36/h6-9,11,25,27,37H,2-5,10,12-24H2,1H3. The molecular formula is C34H47Cl2N5O2. The van der Waals surface area contributed by atoms with Crippen LogP contribution in [-0.2, 0) is 11.2 Å². The van der Waals surface area contributed by atoms with Gasteiger partial charge in [0.05, 0.1) is 33.7 Å². The molecule has 9 heteroatoms. The number of piperazine rings is 1. The normalized spacial score (nSPS) is 24.3. The number of anilines is 2. The van der Waals surface area contributed by atoms with Gasteiger partial charge in [-0.25, -0.2) is 0 Å². The van der Waals surface area contributed by atoms with E-state index in [-0.39, 0.29) is 11.6 Å². The molecule has 6 rings (SSSR count). The van der Waals surface area contributed by atoms with Gasteiger partial charge in [-0.2, -0.15) is 0 Å². The fourth-order valence-corrected chi connectivity index (χ4v) is 8.12. The number of piperidine rings is 2. The number of hydrogen-bond donors (Lipinski definition) is 1. The molecule has 0 aliphatic carbocycles. The van der Waals surface area contributed by atoms with Crippen molar-refractivity contribution in [3.05, 3.63) is 52.0 Å². The Morgan fingerprint density at radius 2 is 1.77 bits per heavy atom. The van der Waals surface area contributed by atoms with Gasteiger partial charge >= 0.3 is 0 Å². The van der Waals surface area contributed by atoms with Crippen LogP contribution in [0.15, 0.2) is 36.4 Å². The van der Waals surface area contributed by atoms with E-state index in [0.29, 0.717) is 29.1 Å². The number of carbonyl (C=O) groups is 1. The van der Waals surface area contributed by atoms with E-state index in [9.17, 15) is 4.79 Å². The maximum Gasteiger partial charge on any atom is 0.228 e. The minimum Gasteiger partial charge on any atom is -0.494 e. The molecule has 7 nitrogen and oxygen atoms in total. The Morgan fingerprint density at radius 1 is 0.953 bits per heavy atom. The van der Waals surface area contributed by atoms with Crippen LogP contribution in [0, 0.1) is 0 Å². The van der Waals surface area contributed by atoms with Gasteiger partial charge in [-0.05, 0) is 102 Å². The Hall–Kier alpha value is -2.03. The van der Waals surface area contributed by atoms with E-state index in [2.05, 4.69) is 56.1 Å². The SMILES string of the molecule is CC1(N2C(=O)CCc3ccc(OCCCCN4CCN(c5cccc(Cl)c5Cl)CC4)cc32)CCCCN1C1CCNCC1. The van der Waals surface area contributed by atoms with Gasteiger partial charge in [0.25, 0.3) is 0 Å². The third-order valence-corrected chi connectivity index (χ3v) is 10.9. The maximum absolute atomic E-state index is 13.6. The van der Waals surface area contributed by atoms with Crippen molar-refractivity contribution in [2.45, 2.75) is 76.4 Å². The molecule has 4 aliphatic heterocycles. The number of benzene rings is 2. The summed E-state index contributed by atoms with van der Waals surface area (Å²) in [5, 5.41) is 4.78. The molecule has 0 radical (unpaired) electrons. The van der Waals surface area contributed by atoms with E-state index < -0.39 is 0 Å². The second-order valence-corrected chi connectivity index (χ2v) is 13.6. The summed E-state index contributed by atoms with van der Waals surface area (Å²) in [7, 11) is 0. The van der Waals surface area contributed by atoms with Crippen molar-refractivity contribution in [2.75, 3.05) is 68.8 Å². The van der Waals surface area contributed by atoms with Gasteiger partial charge in [-0.3, -0.25) is 19.5 Å². The smallest absolute Gasteiger partial charge is 0.228 e. The predicted octanol–water partition coefficient (Wildman–Crippen LogP) is 6.21. The van der Waals surface area contributed by atoms with Crippen molar-refractivity contribution >= 4 is 40.5 Å². The number of fused-ring (bicyclic) bond motifs is 1. The Balaban J connectivity index is 1.03. The minimum absolute atomic E-state index is 0.255.